The molecule has 6 rings (SSSR count). The van der Waals surface area contributed by atoms with Gasteiger partial charge in [-0.05, 0) is 121 Å². The second-order valence-corrected chi connectivity index (χ2v) is 13.6. The summed E-state index contributed by atoms with van der Waals surface area (Å²) < 4.78 is 0. The number of amides is 4. The van der Waals surface area contributed by atoms with Crippen LogP contribution in [0.15, 0.2) is 72.8 Å². The fourth-order valence-corrected chi connectivity index (χ4v) is 6.94. The zero-order chi connectivity index (χ0) is 36.3. The lowest BCUT2D eigenvalue weighted by Crippen LogP contribution is -2.48. The topological polar surface area (TPSA) is 194 Å². The predicted octanol–water partition coefficient (Wildman–Crippen LogP) is 4.10. The summed E-state index contributed by atoms with van der Waals surface area (Å²) in [6.07, 6.45) is 4.32. The van der Waals surface area contributed by atoms with Gasteiger partial charge in [-0.15, -0.1) is 5.10 Å². The number of carbonyl (C=O) groups excluding carboxylic acids is 3. The molecule has 4 amide bonds. The minimum atomic E-state index is -1.05. The second-order valence-electron chi connectivity index (χ2n) is 13.6. The molecule has 0 spiro atoms. The van der Waals surface area contributed by atoms with Gasteiger partial charge < -0.3 is 31.3 Å². The van der Waals surface area contributed by atoms with Crippen LogP contribution in [0, 0.1) is 11.8 Å². The van der Waals surface area contributed by atoms with E-state index < -0.39 is 12.1 Å². The Morgan fingerprint density at radius 1 is 0.865 bits per heavy atom. The van der Waals surface area contributed by atoms with Crippen molar-refractivity contribution in [2.45, 2.75) is 51.0 Å². The summed E-state index contributed by atoms with van der Waals surface area (Å²) >= 11 is 0. The Kier molecular flexibility index (Phi) is 12.2. The Labute approximate surface area is 302 Å². The van der Waals surface area contributed by atoms with Crippen LogP contribution < -0.4 is 21.3 Å². The van der Waals surface area contributed by atoms with E-state index in [0.717, 1.165) is 54.7 Å². The van der Waals surface area contributed by atoms with E-state index in [1.165, 1.54) is 12.8 Å². The maximum absolute atomic E-state index is 13.8. The first kappa shape index (κ1) is 36.2. The molecular weight excluding hydrogens is 662 g/mol. The molecule has 1 aliphatic carbocycles. The third kappa shape index (κ3) is 10.00. The van der Waals surface area contributed by atoms with Gasteiger partial charge in [-0.2, -0.15) is 0 Å². The van der Waals surface area contributed by atoms with Crippen LogP contribution in [0.1, 0.15) is 54.4 Å². The van der Waals surface area contributed by atoms with Gasteiger partial charge in [0.2, 0.25) is 11.8 Å². The van der Waals surface area contributed by atoms with E-state index in [1.54, 1.807) is 24.3 Å². The van der Waals surface area contributed by atoms with Gasteiger partial charge in [-0.25, -0.2) is 9.89 Å². The summed E-state index contributed by atoms with van der Waals surface area (Å²) in [7, 11) is 0. The van der Waals surface area contributed by atoms with Gasteiger partial charge in [0.25, 0.3) is 5.91 Å². The van der Waals surface area contributed by atoms with Crippen LogP contribution in [0.4, 0.5) is 10.5 Å². The zero-order valence-corrected chi connectivity index (χ0v) is 29.0. The molecule has 0 radical (unpaired) electrons. The number of likely N-dealkylation sites (tertiary alicyclic amines) is 1. The molecule has 2 aliphatic rings. The normalized spacial score (nSPS) is 17.9. The van der Waals surface area contributed by atoms with E-state index in [1.807, 2.05) is 48.5 Å². The van der Waals surface area contributed by atoms with Crippen LogP contribution >= 0.6 is 0 Å². The Balaban J connectivity index is 1.11. The van der Waals surface area contributed by atoms with Crippen molar-refractivity contribution < 1.29 is 24.3 Å². The molecule has 1 saturated carbocycles. The summed E-state index contributed by atoms with van der Waals surface area (Å²) in [4.78, 5) is 53.4. The Bertz CT molecular complexity index is 1800. The molecular formula is C38H45N9O5. The maximum atomic E-state index is 13.8. The minimum Gasteiger partial charge on any atom is -0.465 e. The molecule has 1 aromatic heterocycles. The van der Waals surface area contributed by atoms with E-state index in [9.17, 15) is 19.2 Å². The third-order valence-electron chi connectivity index (χ3n) is 9.92. The maximum Gasteiger partial charge on any atom is 0.404 e. The van der Waals surface area contributed by atoms with Crippen molar-refractivity contribution in [2.24, 2.45) is 11.8 Å². The number of carboxylic acid groups (broad SMARTS) is 1. The number of nitrogens with zero attached hydrogens (tertiary/aromatic N) is 4. The van der Waals surface area contributed by atoms with Crippen molar-refractivity contribution in [2.75, 3.05) is 38.0 Å². The second kappa shape index (κ2) is 17.5. The summed E-state index contributed by atoms with van der Waals surface area (Å²) in [5.74, 6) is -0.230. The van der Waals surface area contributed by atoms with Gasteiger partial charge in [0.05, 0.1) is 0 Å². The number of rotatable bonds is 14. The Morgan fingerprint density at radius 2 is 1.60 bits per heavy atom. The first-order valence-electron chi connectivity index (χ1n) is 17.9. The van der Waals surface area contributed by atoms with E-state index in [0.29, 0.717) is 43.0 Å². The number of hydrogen-bond donors (Lipinski definition) is 6. The molecule has 6 N–H and O–H groups in total. The molecule has 1 atom stereocenters. The van der Waals surface area contributed by atoms with Gasteiger partial charge in [0.1, 0.15) is 6.04 Å². The van der Waals surface area contributed by atoms with E-state index in [4.69, 9.17) is 5.11 Å². The first-order chi connectivity index (χ1) is 25.3. The lowest BCUT2D eigenvalue weighted by atomic mass is 9.81. The van der Waals surface area contributed by atoms with Crippen LogP contribution in [-0.2, 0) is 16.0 Å². The number of tetrazole rings is 1. The van der Waals surface area contributed by atoms with Gasteiger partial charge in [0.15, 0.2) is 5.82 Å². The molecule has 1 saturated heterocycles. The lowest BCUT2D eigenvalue weighted by Gasteiger charge is -2.29. The fourth-order valence-electron chi connectivity index (χ4n) is 6.94. The van der Waals surface area contributed by atoms with Gasteiger partial charge in [0, 0.05) is 48.8 Å². The molecule has 1 aliphatic heterocycles. The lowest BCUT2D eigenvalue weighted by molar-refractivity contribution is -0.130. The van der Waals surface area contributed by atoms with E-state index in [-0.39, 0.29) is 36.0 Å². The number of H-pyrrole nitrogens is 1. The molecule has 0 unspecified atom stereocenters. The molecule has 4 aromatic rings. The number of benzene rings is 3. The SMILES string of the molecule is O=C(O)NC[C@H]1CC[C@H](C(=O)N[C@@H](Cc2cccc(-c3ccc(C(=O)NCCN4CCCC4)cc3)c2)C(=O)Nc2ccc(-c3nnn[nH]3)cc2)CC1. The zero-order valence-electron chi connectivity index (χ0n) is 29.0. The van der Waals surface area contributed by atoms with Crippen molar-refractivity contribution >= 4 is 29.5 Å². The van der Waals surface area contributed by atoms with Crippen LogP contribution in [0.25, 0.3) is 22.5 Å². The summed E-state index contributed by atoms with van der Waals surface area (Å²) in [6, 6.07) is 21.5. The highest BCUT2D eigenvalue weighted by Gasteiger charge is 2.30. The predicted molar refractivity (Wildman–Crippen MR) is 195 cm³/mol. The highest BCUT2D eigenvalue weighted by molar-refractivity contribution is 5.98. The molecule has 2 fully saturated rings. The number of hydrogen-bond acceptors (Lipinski definition) is 8. The molecule has 2 heterocycles. The van der Waals surface area contributed by atoms with Crippen LogP contribution in [-0.4, -0.2) is 93.2 Å². The highest BCUT2D eigenvalue weighted by atomic mass is 16.4. The molecule has 52 heavy (non-hydrogen) atoms. The third-order valence-corrected chi connectivity index (χ3v) is 9.92. The Hall–Kier alpha value is -5.63. The van der Waals surface area contributed by atoms with Crippen molar-refractivity contribution in [3.8, 4) is 22.5 Å². The Morgan fingerprint density at radius 3 is 2.29 bits per heavy atom. The molecule has 272 valence electrons. The molecule has 14 heteroatoms. The van der Waals surface area contributed by atoms with E-state index >= 15 is 0 Å². The largest absolute Gasteiger partial charge is 0.465 e. The van der Waals surface area contributed by atoms with Crippen LogP contribution in [0.2, 0.25) is 0 Å². The molecule has 14 nitrogen and oxygen atoms in total. The average Bonchev–Trinajstić information content (AvgIpc) is 3.90. The standard InChI is InChI=1S/C38H45N9O5/c48-35(39-18-21-47-19-1-2-20-47)29-12-10-27(11-13-29)31-5-3-4-26(22-31)23-33(42-36(49)30-8-6-25(7-9-30)24-40-38(51)52)37(50)41-32-16-14-28(15-17-32)34-43-45-46-44-34/h3-5,10-17,22,25,30,33,40H,1-2,6-9,18-21,23-24H2,(H,39,48)(H,41,50)(H,42,49)(H,51,52)(H,43,44,45,46)/t25-,30-,33-/m0/s1. The van der Waals surface area contributed by atoms with Crippen LogP contribution in [0.5, 0.6) is 0 Å². The van der Waals surface area contributed by atoms with Gasteiger partial charge >= 0.3 is 6.09 Å². The van der Waals surface area contributed by atoms with Crippen LogP contribution in [0.3, 0.4) is 0 Å². The minimum absolute atomic E-state index is 0.0980. The number of carbonyl (C=O) groups is 4. The fraction of sp³-hybridized carbons (Fsp3) is 0.395. The highest BCUT2D eigenvalue weighted by Crippen LogP contribution is 2.29. The average molecular weight is 708 g/mol. The molecule has 0 bridgehead atoms. The number of aromatic amines is 1. The van der Waals surface area contributed by atoms with Crippen molar-refractivity contribution in [1.29, 1.82) is 0 Å². The van der Waals surface area contributed by atoms with Gasteiger partial charge in [-0.1, -0.05) is 36.4 Å². The van der Waals surface area contributed by atoms with Crippen molar-refractivity contribution in [3.05, 3.63) is 83.9 Å². The quantitative estimate of drug-likeness (QED) is 0.112. The summed E-state index contributed by atoms with van der Waals surface area (Å²) in [5, 5.41) is 34.2. The number of anilines is 1. The first-order valence-corrected chi connectivity index (χ1v) is 17.9. The monoisotopic (exact) mass is 707 g/mol. The van der Waals surface area contributed by atoms with Gasteiger partial charge in [-0.3, -0.25) is 14.4 Å². The number of aromatic nitrogens is 4. The molecule has 3 aromatic carbocycles. The summed E-state index contributed by atoms with van der Waals surface area (Å²) in [6.45, 7) is 4.03. The smallest absolute Gasteiger partial charge is 0.404 e. The van der Waals surface area contributed by atoms with Crippen molar-refractivity contribution in [1.82, 2.24) is 41.5 Å². The van der Waals surface area contributed by atoms with Crippen molar-refractivity contribution in [3.63, 3.8) is 0 Å². The number of nitrogens with one attached hydrogen (secondary N) is 5. The van der Waals surface area contributed by atoms with E-state index in [2.05, 4.69) is 46.8 Å². The summed E-state index contributed by atoms with van der Waals surface area (Å²) in [5.41, 5.74) is 4.62.